The van der Waals surface area contributed by atoms with Crippen molar-refractivity contribution in [1.82, 2.24) is 33.2 Å². The molecule has 0 aliphatic carbocycles. The zero-order chi connectivity index (χ0) is 88.0. The van der Waals surface area contributed by atoms with Crippen molar-refractivity contribution < 1.29 is 56.2 Å². The number of fused-ring (bicyclic) bond motifs is 12. The smallest absolute Gasteiger partial charge is 0.236 e. The van der Waals surface area contributed by atoms with Crippen molar-refractivity contribution in [2.75, 3.05) is 0 Å². The third-order valence-electron chi connectivity index (χ3n) is 13.1. The Morgan fingerprint density at radius 1 is 0.304 bits per heavy atom. The summed E-state index contributed by atoms with van der Waals surface area (Å²) in [5.41, 5.74) is -19.9. The fourth-order valence-corrected chi connectivity index (χ4v) is 10.00. The van der Waals surface area contributed by atoms with Crippen molar-refractivity contribution in [1.29, 1.82) is 0 Å². The molecule has 8 nitrogen and oxygen atoms in total. The Morgan fingerprint density at radius 2 is 0.582 bits per heavy atom. The summed E-state index contributed by atoms with van der Waals surface area (Å²) < 4.78 is 397. The number of hydrogen-bond donors (Lipinski definition) is 0. The predicted molar refractivity (Wildman–Crippen MR) is 324 cm³/mol. The molecule has 0 fully saturated rings. The van der Waals surface area contributed by atoms with Crippen LogP contribution in [-0.4, -0.2) is 33.2 Å². The number of rotatable bonds is 7. The summed E-state index contributed by atoms with van der Waals surface area (Å²) in [5, 5.41) is -7.42. The van der Waals surface area contributed by atoms with E-state index in [1.165, 1.54) is 0 Å². The highest BCUT2D eigenvalue weighted by atomic mass is 15.2. The Morgan fingerprint density at radius 3 is 0.937 bits per heavy atom. The molecule has 5 aromatic heterocycles. The molecule has 0 saturated carbocycles. The van der Waals surface area contributed by atoms with Crippen LogP contribution in [0.25, 0.3) is 149 Å². The van der Waals surface area contributed by atoms with Crippen molar-refractivity contribution >= 4 is 92.9 Å². The maximum absolute atomic E-state index is 10.3. The van der Waals surface area contributed by atoms with Crippen LogP contribution in [-0.2, 0) is 0 Å². The average molecular weight is 1050 g/mol. The second-order valence-corrected chi connectivity index (χ2v) is 17.2. The lowest BCUT2D eigenvalue weighted by Gasteiger charge is -2.29. The summed E-state index contributed by atoms with van der Waals surface area (Å²) in [7, 11) is 0. The minimum atomic E-state index is -1.49. The van der Waals surface area contributed by atoms with Gasteiger partial charge in [-0.1, -0.05) is 205 Å². The van der Waals surface area contributed by atoms with Gasteiger partial charge in [0.25, 0.3) is 0 Å². The van der Waals surface area contributed by atoms with E-state index in [9.17, 15) is 58.7 Å². The molecule has 0 radical (unpaired) electrons. The van der Waals surface area contributed by atoms with Crippen LogP contribution in [0.1, 0.15) is 61.8 Å². The van der Waals surface area contributed by atoms with Crippen molar-refractivity contribution in [2.45, 2.75) is 6.92 Å². The van der Waals surface area contributed by atoms with Gasteiger partial charge in [-0.3, -0.25) is 0 Å². The first kappa shape index (κ1) is 19.9. The molecule has 11 aromatic carbocycles. The van der Waals surface area contributed by atoms with Gasteiger partial charge in [0.05, 0.1) is 135 Å². The van der Waals surface area contributed by atoms with Gasteiger partial charge in [-0.25, -0.2) is 19.8 Å². The number of hydrogen-bond acceptors (Lipinski definition) is 3. The topological polar surface area (TPSA) is 62.8 Å². The van der Waals surface area contributed by atoms with Crippen LogP contribution in [0, 0.1) is 13.5 Å². The van der Waals surface area contributed by atoms with Crippen LogP contribution in [0.4, 0.5) is 5.69 Å². The maximum Gasteiger partial charge on any atom is 0.236 e. The molecule has 368 valence electrons. The van der Waals surface area contributed by atoms with Gasteiger partial charge < -0.3 is 18.3 Å². The first-order valence-electron chi connectivity index (χ1n) is 43.7. The van der Waals surface area contributed by atoms with Crippen LogP contribution in [0.2, 0.25) is 0 Å². The molecule has 0 amide bonds. The molecule has 0 saturated heterocycles. The number of para-hydroxylation sites is 8. The van der Waals surface area contributed by atoms with Gasteiger partial charge >= 0.3 is 0 Å². The zero-order valence-electron chi connectivity index (χ0n) is 80.6. The van der Waals surface area contributed by atoms with Gasteiger partial charge in [-0.15, -0.1) is 0 Å². The van der Waals surface area contributed by atoms with Gasteiger partial charge in [-0.2, -0.15) is 0 Å². The third-order valence-corrected chi connectivity index (χ3v) is 13.1. The third kappa shape index (κ3) is 6.51. The van der Waals surface area contributed by atoms with Gasteiger partial charge in [0.2, 0.25) is 5.69 Å². The van der Waals surface area contributed by atoms with E-state index >= 15 is 0 Å². The SMILES string of the molecule is [2H]c1c([2H])c([2H])c(-c2nc(-c3c([2H])c([2H])c(C)c([2H])c3[2H])nc(-c3c(-n4c5c([2H])c([2H])c([2H])c([2H])c5c5c([2H])c([2H])c([2H])c([2H])c54)c([N+]#[C-])c(-n4c5c([2H])c([2H])c([2H])c([2H])c5c5c([2H])c([2H])c([2H])c([2H])c54)c(-n4c5c([2H])c([2H])c([2H])c([2H])c5c5c([2H])c([2H])c([2H])c([2H])c54)c3-n3c4c([2H])c([2H])c([2H])c([2H])c4c4c([2H])c([2H])c([2H])c([2H])c43)n2)c([2H])c1[2H]. The van der Waals surface area contributed by atoms with Gasteiger partial charge in [0.1, 0.15) is 0 Å². The standard InChI is InChI=1S/C71H44N8/c1-44-40-42-46(43-41-44)70-73-69(45-22-4-3-5-23-45)74-71(75-70)63-65(76-55-32-14-6-24-47(55)48-25-7-15-33-56(48)76)64(72-2)67(78-59-36-18-10-28-51(59)52-29-11-19-37-60(52)78)68(79-61-38-20-12-30-53(61)54-31-13-21-39-62(54)79)66(63)77-57-34-16-8-26-49(57)50-27-9-17-35-58(50)77/h3-43H,1H3/i3D,4D,5D,6D,7D,8D,9D,10D,11D,12D,13D,14D,15D,16D,17D,18D,19D,20D,21D,22D,23D,24D,25D,26D,27D,28D,29D,30D,31D,32D,33D,34D,35D,36D,37D,38D,39D,40D,41D,42D,43D. The van der Waals surface area contributed by atoms with Gasteiger partial charge in [0.15, 0.2) is 17.5 Å². The summed E-state index contributed by atoms with van der Waals surface area (Å²) in [6.45, 7) is 11.4. The van der Waals surface area contributed by atoms with E-state index in [2.05, 4.69) is 9.83 Å². The van der Waals surface area contributed by atoms with Gasteiger partial charge in [0, 0.05) is 54.2 Å². The molecule has 0 unspecified atom stereocenters. The van der Waals surface area contributed by atoms with Crippen LogP contribution in [0.5, 0.6) is 0 Å². The van der Waals surface area contributed by atoms with Crippen molar-refractivity contribution in [3.05, 3.63) is 265 Å². The number of nitrogens with zero attached hydrogens (tertiary/aromatic N) is 8. The van der Waals surface area contributed by atoms with Crippen LogP contribution in [0.3, 0.4) is 0 Å². The Kier molecular flexibility index (Phi) is 4.37. The fourth-order valence-electron chi connectivity index (χ4n) is 10.00. The summed E-state index contributed by atoms with van der Waals surface area (Å²) in [4.78, 5) is 18.3. The first-order valence-corrected chi connectivity index (χ1v) is 23.2. The average Bonchev–Trinajstić information content (AvgIpc) is 1.46. The normalized spacial score (nSPS) is 19.1. The lowest BCUT2D eigenvalue weighted by Crippen LogP contribution is -2.15. The molecule has 0 atom stereocenters. The Bertz CT molecular complexity index is 7310. The zero-order valence-corrected chi connectivity index (χ0v) is 39.6. The van der Waals surface area contributed by atoms with Crippen molar-refractivity contribution in [3.8, 4) is 56.9 Å². The van der Waals surface area contributed by atoms with Crippen molar-refractivity contribution in [3.63, 3.8) is 0 Å². The Hall–Kier alpha value is -10.9. The molecular weight excluding hydrogens is 965 g/mol. The van der Waals surface area contributed by atoms with Crippen molar-refractivity contribution in [2.24, 2.45) is 0 Å². The molecule has 8 heteroatoms. The summed E-state index contributed by atoms with van der Waals surface area (Å²) >= 11 is 0. The molecule has 0 spiro atoms. The summed E-state index contributed by atoms with van der Waals surface area (Å²) in [6, 6.07) is -48.9. The maximum atomic E-state index is 10.3. The fraction of sp³-hybridized carbons (Fsp3) is 0.0141. The summed E-state index contributed by atoms with van der Waals surface area (Å²) in [6.07, 6.45) is 0. The Labute approximate surface area is 511 Å². The molecule has 16 rings (SSSR count). The molecule has 0 aliphatic rings. The minimum absolute atomic E-state index is 0.358. The molecule has 0 bridgehead atoms. The van der Waals surface area contributed by atoms with E-state index in [0.29, 0.717) is 18.3 Å². The Balaban J connectivity index is 1.46. The van der Waals surface area contributed by atoms with Crippen LogP contribution >= 0.6 is 0 Å². The number of aromatic nitrogens is 7. The lowest BCUT2D eigenvalue weighted by molar-refractivity contribution is 1.02. The van der Waals surface area contributed by atoms with E-state index in [0.717, 1.165) is 6.92 Å². The second kappa shape index (κ2) is 17.3. The van der Waals surface area contributed by atoms with E-state index in [1.54, 1.807) is 0 Å². The highest BCUT2D eigenvalue weighted by Gasteiger charge is 2.36. The molecule has 0 aliphatic heterocycles. The van der Waals surface area contributed by atoms with E-state index in [4.69, 9.17) is 14.1 Å². The lowest BCUT2D eigenvalue weighted by atomic mass is 10.00. The number of benzene rings is 11. The predicted octanol–water partition coefficient (Wildman–Crippen LogP) is 18.1. The quantitative estimate of drug-likeness (QED) is 0.149. The second-order valence-electron chi connectivity index (χ2n) is 17.2. The monoisotopic (exact) mass is 1050 g/mol. The largest absolute Gasteiger partial charge is 0.318 e. The molecule has 79 heavy (non-hydrogen) atoms. The highest BCUT2D eigenvalue weighted by Crippen LogP contribution is 2.54. The van der Waals surface area contributed by atoms with E-state index in [1.807, 2.05) is 0 Å². The summed E-state index contributed by atoms with van der Waals surface area (Å²) in [5.74, 6) is -3.91. The minimum Gasteiger partial charge on any atom is -0.318 e. The van der Waals surface area contributed by atoms with Gasteiger partial charge in [-0.05, 0) is 55.3 Å². The van der Waals surface area contributed by atoms with Crippen LogP contribution < -0.4 is 0 Å². The van der Waals surface area contributed by atoms with E-state index < -0.39 is 398 Å². The molecule has 0 N–H and O–H groups in total. The molecule has 16 aromatic rings. The first-order chi connectivity index (χ1) is 56.1. The van der Waals surface area contributed by atoms with E-state index in [-0.39, 0.29) is 5.56 Å². The molecule has 5 heterocycles. The highest BCUT2D eigenvalue weighted by molar-refractivity contribution is 6.18. The molecular formula is C71H44N8. The van der Waals surface area contributed by atoms with Crippen LogP contribution in [0.15, 0.2) is 248 Å².